The van der Waals surface area contributed by atoms with Gasteiger partial charge in [-0.2, -0.15) is 0 Å². The van der Waals surface area contributed by atoms with Crippen molar-refractivity contribution in [2.45, 2.75) is 26.4 Å². The topological polar surface area (TPSA) is 56.5 Å². The summed E-state index contributed by atoms with van der Waals surface area (Å²) in [6, 6.07) is 3.26. The van der Waals surface area contributed by atoms with Gasteiger partial charge < -0.3 is 9.15 Å². The van der Waals surface area contributed by atoms with Crippen molar-refractivity contribution in [2.24, 2.45) is 0 Å². The molecule has 0 bridgehead atoms. The molecule has 0 aromatic carbocycles. The normalized spacial score (nSPS) is 12.5. The van der Waals surface area contributed by atoms with Crippen LogP contribution in [0.3, 0.4) is 0 Å². The van der Waals surface area contributed by atoms with Gasteiger partial charge in [-0.3, -0.25) is 9.59 Å². The molecule has 0 saturated carbocycles. The number of ketones is 2. The van der Waals surface area contributed by atoms with Gasteiger partial charge in [0.05, 0.1) is 6.42 Å². The first-order valence-electron chi connectivity index (χ1n) is 4.69. The summed E-state index contributed by atoms with van der Waals surface area (Å²) in [6.07, 6.45) is -0.730. The van der Waals surface area contributed by atoms with Gasteiger partial charge in [0.1, 0.15) is 11.9 Å². The number of ether oxygens (including phenoxy) is 1. The van der Waals surface area contributed by atoms with Crippen molar-refractivity contribution in [1.29, 1.82) is 0 Å². The summed E-state index contributed by atoms with van der Waals surface area (Å²) in [5.74, 6) is 0.336. The molecule has 0 fully saturated rings. The lowest BCUT2D eigenvalue weighted by molar-refractivity contribution is -0.126. The minimum atomic E-state index is -0.551. The van der Waals surface area contributed by atoms with E-state index in [2.05, 4.69) is 0 Å². The van der Waals surface area contributed by atoms with Gasteiger partial charge in [0.25, 0.3) is 0 Å². The van der Waals surface area contributed by atoms with E-state index in [-0.39, 0.29) is 23.7 Å². The third kappa shape index (κ3) is 3.02. The molecule has 0 aliphatic heterocycles. The largest absolute Gasteiger partial charge is 0.458 e. The third-order valence-corrected chi connectivity index (χ3v) is 2.16. The summed E-state index contributed by atoms with van der Waals surface area (Å²) in [6.45, 7) is 3.36. The average molecular weight is 210 g/mol. The van der Waals surface area contributed by atoms with Crippen LogP contribution in [-0.2, 0) is 9.53 Å². The number of carbonyl (C=O) groups excluding carboxylic acids is 2. The molecule has 1 atom stereocenters. The maximum Gasteiger partial charge on any atom is 0.205 e. The standard InChI is InChI=1S/C11H14O4/c1-7-4-5-11(15-7)10(13)6-9(12)8(2)14-3/h4-5,8H,6H2,1-3H3. The maximum atomic E-state index is 11.5. The summed E-state index contributed by atoms with van der Waals surface area (Å²) < 4.78 is 9.94. The van der Waals surface area contributed by atoms with Crippen molar-refractivity contribution in [3.63, 3.8) is 0 Å². The zero-order valence-electron chi connectivity index (χ0n) is 9.07. The lowest BCUT2D eigenvalue weighted by Gasteiger charge is -2.06. The minimum Gasteiger partial charge on any atom is -0.458 e. The zero-order valence-corrected chi connectivity index (χ0v) is 9.07. The lowest BCUT2D eigenvalue weighted by Crippen LogP contribution is -2.21. The van der Waals surface area contributed by atoms with Crippen LogP contribution in [0, 0.1) is 6.92 Å². The summed E-state index contributed by atoms with van der Waals surface area (Å²) in [7, 11) is 1.43. The van der Waals surface area contributed by atoms with Crippen molar-refractivity contribution >= 4 is 11.6 Å². The Hall–Kier alpha value is -1.42. The summed E-state index contributed by atoms with van der Waals surface area (Å²) in [5, 5.41) is 0. The number of rotatable bonds is 5. The molecule has 0 aliphatic carbocycles. The van der Waals surface area contributed by atoms with Gasteiger partial charge in [0.2, 0.25) is 5.78 Å². The Balaban J connectivity index is 2.60. The van der Waals surface area contributed by atoms with E-state index in [0.717, 1.165) is 0 Å². The van der Waals surface area contributed by atoms with Crippen LogP contribution in [0.2, 0.25) is 0 Å². The average Bonchev–Trinajstić information content (AvgIpc) is 2.63. The van der Waals surface area contributed by atoms with Crippen molar-refractivity contribution in [1.82, 2.24) is 0 Å². The zero-order chi connectivity index (χ0) is 11.4. The summed E-state index contributed by atoms with van der Waals surface area (Å²) in [5.41, 5.74) is 0. The van der Waals surface area contributed by atoms with E-state index < -0.39 is 6.10 Å². The number of furan rings is 1. The Kier molecular flexibility index (Phi) is 3.80. The molecule has 82 valence electrons. The van der Waals surface area contributed by atoms with E-state index in [0.29, 0.717) is 5.76 Å². The lowest BCUT2D eigenvalue weighted by atomic mass is 10.1. The molecule has 4 nitrogen and oxygen atoms in total. The first-order chi connectivity index (χ1) is 7.04. The molecule has 1 heterocycles. The molecular formula is C11H14O4. The van der Waals surface area contributed by atoms with Gasteiger partial charge in [-0.1, -0.05) is 0 Å². The highest BCUT2D eigenvalue weighted by molar-refractivity contribution is 6.07. The molecule has 0 spiro atoms. The molecule has 1 aromatic heterocycles. The SMILES string of the molecule is COC(C)C(=O)CC(=O)c1ccc(C)o1. The van der Waals surface area contributed by atoms with E-state index in [1.165, 1.54) is 7.11 Å². The van der Waals surface area contributed by atoms with Crippen molar-refractivity contribution in [2.75, 3.05) is 7.11 Å². The molecule has 0 saturated heterocycles. The van der Waals surface area contributed by atoms with Crippen LogP contribution in [-0.4, -0.2) is 24.8 Å². The second-order valence-corrected chi connectivity index (χ2v) is 3.35. The Morgan fingerprint density at radius 1 is 1.47 bits per heavy atom. The van der Waals surface area contributed by atoms with E-state index in [1.807, 2.05) is 0 Å². The Morgan fingerprint density at radius 3 is 2.60 bits per heavy atom. The van der Waals surface area contributed by atoms with Gasteiger partial charge in [-0.15, -0.1) is 0 Å². The van der Waals surface area contributed by atoms with Crippen molar-refractivity contribution in [3.05, 3.63) is 23.7 Å². The van der Waals surface area contributed by atoms with E-state index in [1.54, 1.807) is 26.0 Å². The number of Topliss-reactive ketones (excluding diaryl/α,β-unsaturated/α-hetero) is 2. The second kappa shape index (κ2) is 4.89. The van der Waals surface area contributed by atoms with Crippen LogP contribution in [0.4, 0.5) is 0 Å². The van der Waals surface area contributed by atoms with Crippen LogP contribution < -0.4 is 0 Å². The molecular weight excluding hydrogens is 196 g/mol. The molecule has 0 aliphatic rings. The highest BCUT2D eigenvalue weighted by Crippen LogP contribution is 2.10. The van der Waals surface area contributed by atoms with Crippen molar-refractivity contribution < 1.29 is 18.7 Å². The maximum absolute atomic E-state index is 11.5. The minimum absolute atomic E-state index is 0.179. The number of aryl methyl sites for hydroxylation is 1. The molecule has 0 amide bonds. The smallest absolute Gasteiger partial charge is 0.205 e. The molecule has 0 radical (unpaired) electrons. The van der Waals surface area contributed by atoms with Crippen LogP contribution in [0.5, 0.6) is 0 Å². The van der Waals surface area contributed by atoms with Gasteiger partial charge in [0.15, 0.2) is 11.5 Å². The predicted molar refractivity (Wildman–Crippen MR) is 53.9 cm³/mol. The fraction of sp³-hybridized carbons (Fsp3) is 0.455. The van der Waals surface area contributed by atoms with Gasteiger partial charge in [-0.05, 0) is 26.0 Å². The molecule has 4 heteroatoms. The summed E-state index contributed by atoms with van der Waals surface area (Å²) in [4.78, 5) is 22.9. The highest BCUT2D eigenvalue weighted by Gasteiger charge is 2.19. The third-order valence-electron chi connectivity index (χ3n) is 2.16. The van der Waals surface area contributed by atoms with E-state index in [9.17, 15) is 9.59 Å². The number of hydrogen-bond acceptors (Lipinski definition) is 4. The molecule has 1 aromatic rings. The first-order valence-corrected chi connectivity index (χ1v) is 4.69. The van der Waals surface area contributed by atoms with Crippen molar-refractivity contribution in [3.8, 4) is 0 Å². The van der Waals surface area contributed by atoms with E-state index >= 15 is 0 Å². The fourth-order valence-corrected chi connectivity index (χ4v) is 1.10. The van der Waals surface area contributed by atoms with Gasteiger partial charge in [0, 0.05) is 7.11 Å². The molecule has 15 heavy (non-hydrogen) atoms. The van der Waals surface area contributed by atoms with Gasteiger partial charge in [-0.25, -0.2) is 0 Å². The Labute approximate surface area is 88.2 Å². The number of hydrogen-bond donors (Lipinski definition) is 0. The fourth-order valence-electron chi connectivity index (χ4n) is 1.10. The van der Waals surface area contributed by atoms with Crippen LogP contribution in [0.15, 0.2) is 16.5 Å². The quantitative estimate of drug-likeness (QED) is 0.549. The van der Waals surface area contributed by atoms with Crippen LogP contribution in [0.1, 0.15) is 29.7 Å². The van der Waals surface area contributed by atoms with Gasteiger partial charge >= 0.3 is 0 Å². The Bertz CT molecular complexity index is 364. The molecule has 1 rings (SSSR count). The number of carbonyl (C=O) groups is 2. The Morgan fingerprint density at radius 2 is 2.13 bits per heavy atom. The van der Waals surface area contributed by atoms with E-state index in [4.69, 9.17) is 9.15 Å². The molecule has 0 N–H and O–H groups in total. The monoisotopic (exact) mass is 210 g/mol. The highest BCUT2D eigenvalue weighted by atomic mass is 16.5. The molecule has 1 unspecified atom stereocenters. The summed E-state index contributed by atoms with van der Waals surface area (Å²) >= 11 is 0. The second-order valence-electron chi connectivity index (χ2n) is 3.35. The van der Waals surface area contributed by atoms with Crippen LogP contribution >= 0.6 is 0 Å². The first kappa shape index (κ1) is 11.7. The van der Waals surface area contributed by atoms with Crippen LogP contribution in [0.25, 0.3) is 0 Å². The predicted octanol–water partition coefficient (Wildman–Crippen LogP) is 1.76. The number of methoxy groups -OCH3 is 1.